The SMILES string of the molecule is COc1ccccc1CC(NN)c1ccc(C)cc1Cl. The first kappa shape index (κ1) is 14.9. The first-order valence-electron chi connectivity index (χ1n) is 6.49. The van der Waals surface area contributed by atoms with Gasteiger partial charge in [-0.15, -0.1) is 0 Å². The van der Waals surface area contributed by atoms with Gasteiger partial charge in [-0.25, -0.2) is 0 Å². The lowest BCUT2D eigenvalue weighted by molar-refractivity contribution is 0.405. The van der Waals surface area contributed by atoms with Gasteiger partial charge in [-0.05, 0) is 42.2 Å². The molecule has 1 unspecified atom stereocenters. The van der Waals surface area contributed by atoms with E-state index in [2.05, 4.69) is 5.43 Å². The molecule has 0 spiro atoms. The molecule has 2 aromatic carbocycles. The monoisotopic (exact) mass is 290 g/mol. The minimum atomic E-state index is -0.0561. The highest BCUT2D eigenvalue weighted by atomic mass is 35.5. The molecule has 0 radical (unpaired) electrons. The Bertz CT molecular complexity index is 586. The molecular weight excluding hydrogens is 272 g/mol. The zero-order valence-electron chi connectivity index (χ0n) is 11.7. The van der Waals surface area contributed by atoms with Crippen molar-refractivity contribution in [2.75, 3.05) is 7.11 Å². The summed E-state index contributed by atoms with van der Waals surface area (Å²) in [6.45, 7) is 2.01. The summed E-state index contributed by atoms with van der Waals surface area (Å²) < 4.78 is 5.37. The van der Waals surface area contributed by atoms with Crippen LogP contribution in [0.1, 0.15) is 22.7 Å². The third-order valence-corrected chi connectivity index (χ3v) is 3.68. The highest BCUT2D eigenvalue weighted by Crippen LogP contribution is 2.29. The number of halogens is 1. The Morgan fingerprint density at radius 3 is 2.65 bits per heavy atom. The number of rotatable bonds is 5. The van der Waals surface area contributed by atoms with Crippen molar-refractivity contribution in [1.82, 2.24) is 5.43 Å². The highest BCUT2D eigenvalue weighted by molar-refractivity contribution is 6.31. The van der Waals surface area contributed by atoms with Crippen LogP contribution >= 0.6 is 11.6 Å². The predicted octanol–water partition coefficient (Wildman–Crippen LogP) is 3.40. The van der Waals surface area contributed by atoms with Gasteiger partial charge >= 0.3 is 0 Å². The fourth-order valence-corrected chi connectivity index (χ4v) is 2.63. The number of para-hydroxylation sites is 1. The van der Waals surface area contributed by atoms with Gasteiger partial charge in [-0.3, -0.25) is 11.3 Å². The van der Waals surface area contributed by atoms with Crippen LogP contribution in [0.25, 0.3) is 0 Å². The maximum Gasteiger partial charge on any atom is 0.122 e. The molecule has 0 saturated carbocycles. The van der Waals surface area contributed by atoms with Gasteiger partial charge in [0.1, 0.15) is 5.75 Å². The van der Waals surface area contributed by atoms with E-state index in [1.54, 1.807) is 7.11 Å². The topological polar surface area (TPSA) is 47.3 Å². The number of ether oxygens (including phenoxy) is 1. The van der Waals surface area contributed by atoms with E-state index in [0.717, 1.165) is 27.5 Å². The minimum Gasteiger partial charge on any atom is -0.496 e. The van der Waals surface area contributed by atoms with Crippen molar-refractivity contribution in [3.8, 4) is 5.75 Å². The van der Waals surface area contributed by atoms with Crippen molar-refractivity contribution in [3.05, 3.63) is 64.2 Å². The first-order valence-corrected chi connectivity index (χ1v) is 6.87. The summed E-state index contributed by atoms with van der Waals surface area (Å²) in [4.78, 5) is 0. The third kappa shape index (κ3) is 3.31. The minimum absolute atomic E-state index is 0.0561. The first-order chi connectivity index (χ1) is 9.65. The Kier molecular flexibility index (Phi) is 5.01. The zero-order chi connectivity index (χ0) is 14.5. The fourth-order valence-electron chi connectivity index (χ4n) is 2.26. The molecule has 0 bridgehead atoms. The van der Waals surface area contributed by atoms with Gasteiger partial charge in [0.25, 0.3) is 0 Å². The van der Waals surface area contributed by atoms with Crippen LogP contribution in [-0.4, -0.2) is 7.11 Å². The summed E-state index contributed by atoms with van der Waals surface area (Å²) in [5, 5.41) is 0.725. The van der Waals surface area contributed by atoms with Crippen molar-refractivity contribution in [2.45, 2.75) is 19.4 Å². The van der Waals surface area contributed by atoms with E-state index < -0.39 is 0 Å². The van der Waals surface area contributed by atoms with Crippen LogP contribution in [0.4, 0.5) is 0 Å². The van der Waals surface area contributed by atoms with Gasteiger partial charge in [0.05, 0.1) is 13.2 Å². The molecule has 0 aliphatic carbocycles. The smallest absolute Gasteiger partial charge is 0.122 e. The summed E-state index contributed by atoms with van der Waals surface area (Å²) in [6, 6.07) is 13.9. The van der Waals surface area contributed by atoms with Gasteiger partial charge < -0.3 is 4.74 Å². The van der Waals surface area contributed by atoms with Crippen LogP contribution < -0.4 is 16.0 Å². The number of aryl methyl sites for hydroxylation is 1. The van der Waals surface area contributed by atoms with Crippen molar-refractivity contribution >= 4 is 11.6 Å². The lowest BCUT2D eigenvalue weighted by Crippen LogP contribution is -2.30. The van der Waals surface area contributed by atoms with E-state index in [4.69, 9.17) is 22.2 Å². The number of hydrogen-bond donors (Lipinski definition) is 2. The molecule has 0 aromatic heterocycles. The summed E-state index contributed by atoms with van der Waals surface area (Å²) in [5.41, 5.74) is 6.05. The van der Waals surface area contributed by atoms with Crippen molar-refractivity contribution < 1.29 is 4.74 Å². The Labute approximate surface area is 124 Å². The van der Waals surface area contributed by atoms with Gasteiger partial charge in [0.15, 0.2) is 0 Å². The molecular formula is C16H19ClN2O. The van der Waals surface area contributed by atoms with Crippen LogP contribution in [0, 0.1) is 6.92 Å². The molecule has 0 saturated heterocycles. The van der Waals surface area contributed by atoms with E-state index in [-0.39, 0.29) is 6.04 Å². The summed E-state index contributed by atoms with van der Waals surface area (Å²) in [5.74, 6) is 6.56. The molecule has 3 N–H and O–H groups in total. The van der Waals surface area contributed by atoms with E-state index in [9.17, 15) is 0 Å². The Hall–Kier alpha value is -1.55. The zero-order valence-corrected chi connectivity index (χ0v) is 12.4. The van der Waals surface area contributed by atoms with Crippen LogP contribution in [0.15, 0.2) is 42.5 Å². The molecule has 4 heteroatoms. The lowest BCUT2D eigenvalue weighted by atomic mass is 9.98. The van der Waals surface area contributed by atoms with E-state index in [1.807, 2.05) is 49.4 Å². The van der Waals surface area contributed by atoms with Gasteiger partial charge in [0, 0.05) is 5.02 Å². The van der Waals surface area contributed by atoms with E-state index in [0.29, 0.717) is 6.42 Å². The average molecular weight is 291 g/mol. The molecule has 106 valence electrons. The van der Waals surface area contributed by atoms with Crippen molar-refractivity contribution in [1.29, 1.82) is 0 Å². The Balaban J connectivity index is 2.29. The van der Waals surface area contributed by atoms with Gasteiger partial charge in [-0.2, -0.15) is 0 Å². The maximum absolute atomic E-state index is 6.32. The second kappa shape index (κ2) is 6.75. The van der Waals surface area contributed by atoms with Crippen molar-refractivity contribution in [2.24, 2.45) is 5.84 Å². The van der Waals surface area contributed by atoms with E-state index >= 15 is 0 Å². The quantitative estimate of drug-likeness (QED) is 0.655. The fraction of sp³-hybridized carbons (Fsp3) is 0.250. The number of nitrogens with one attached hydrogen (secondary N) is 1. The number of benzene rings is 2. The molecule has 1 atom stereocenters. The molecule has 0 aliphatic rings. The van der Waals surface area contributed by atoms with Crippen LogP contribution in [0.2, 0.25) is 5.02 Å². The summed E-state index contributed by atoms with van der Waals surface area (Å²) in [6.07, 6.45) is 0.712. The van der Waals surface area contributed by atoms with Gasteiger partial charge in [-0.1, -0.05) is 41.9 Å². The molecule has 20 heavy (non-hydrogen) atoms. The number of hydrazine groups is 1. The Morgan fingerprint density at radius 2 is 2.00 bits per heavy atom. The lowest BCUT2D eigenvalue weighted by Gasteiger charge is -2.19. The van der Waals surface area contributed by atoms with Gasteiger partial charge in [0.2, 0.25) is 0 Å². The molecule has 0 aliphatic heterocycles. The van der Waals surface area contributed by atoms with Crippen molar-refractivity contribution in [3.63, 3.8) is 0 Å². The van der Waals surface area contributed by atoms with E-state index in [1.165, 1.54) is 0 Å². The van der Waals surface area contributed by atoms with Crippen LogP contribution in [0.5, 0.6) is 5.75 Å². The maximum atomic E-state index is 6.32. The molecule has 3 nitrogen and oxygen atoms in total. The molecule has 0 fully saturated rings. The van der Waals surface area contributed by atoms with Crippen LogP contribution in [-0.2, 0) is 6.42 Å². The summed E-state index contributed by atoms with van der Waals surface area (Å²) in [7, 11) is 1.67. The highest BCUT2D eigenvalue weighted by Gasteiger charge is 2.16. The Morgan fingerprint density at radius 1 is 1.25 bits per heavy atom. The molecule has 0 heterocycles. The molecule has 0 amide bonds. The number of hydrogen-bond acceptors (Lipinski definition) is 3. The van der Waals surface area contributed by atoms with Crippen LogP contribution in [0.3, 0.4) is 0 Å². The summed E-state index contributed by atoms with van der Waals surface area (Å²) >= 11 is 6.32. The average Bonchev–Trinajstić information content (AvgIpc) is 2.46. The predicted molar refractivity (Wildman–Crippen MR) is 83.0 cm³/mol. The second-order valence-corrected chi connectivity index (χ2v) is 5.17. The second-order valence-electron chi connectivity index (χ2n) is 4.76. The number of nitrogens with two attached hydrogens (primary N) is 1. The largest absolute Gasteiger partial charge is 0.496 e. The molecule has 2 aromatic rings. The third-order valence-electron chi connectivity index (χ3n) is 3.35. The number of methoxy groups -OCH3 is 1. The normalized spacial score (nSPS) is 12.2. The standard InChI is InChI=1S/C16H19ClN2O/c1-11-7-8-13(14(17)9-11)15(19-18)10-12-5-3-4-6-16(12)20-2/h3-9,15,19H,10,18H2,1-2H3. The molecule has 2 rings (SSSR count).